The van der Waals surface area contributed by atoms with Gasteiger partial charge in [-0.2, -0.15) is 0 Å². The summed E-state index contributed by atoms with van der Waals surface area (Å²) in [6, 6.07) is 0. The van der Waals surface area contributed by atoms with Crippen molar-refractivity contribution in [1.29, 1.82) is 0 Å². The molecule has 0 amide bonds. The van der Waals surface area contributed by atoms with Crippen molar-refractivity contribution >= 4 is 17.9 Å². The van der Waals surface area contributed by atoms with Crippen molar-refractivity contribution in [3.63, 3.8) is 0 Å². The van der Waals surface area contributed by atoms with E-state index in [4.69, 9.17) is 14.2 Å². The molecule has 0 rings (SSSR count). The monoisotopic (exact) mass is 931 g/mol. The number of rotatable bonds is 49. The second-order valence-corrected chi connectivity index (χ2v) is 18.1. The van der Waals surface area contributed by atoms with Gasteiger partial charge < -0.3 is 14.2 Å². The molecule has 6 nitrogen and oxygen atoms in total. The molecule has 0 aliphatic heterocycles. The third-order valence-electron chi connectivity index (χ3n) is 11.6. The van der Waals surface area contributed by atoms with Gasteiger partial charge in [-0.3, -0.25) is 14.4 Å². The average Bonchev–Trinajstić information content (AvgIpc) is 3.33. The van der Waals surface area contributed by atoms with Crippen LogP contribution in [0.4, 0.5) is 0 Å². The highest BCUT2D eigenvalue weighted by Gasteiger charge is 2.19. The number of ether oxygens (including phenoxy) is 3. The molecule has 382 valence electrons. The summed E-state index contributed by atoms with van der Waals surface area (Å²) < 4.78 is 16.8. The molecule has 0 spiro atoms. The third kappa shape index (κ3) is 53.2. The van der Waals surface area contributed by atoms with Gasteiger partial charge >= 0.3 is 17.9 Å². The first-order valence-corrected chi connectivity index (χ1v) is 27.7. The molecule has 0 aromatic carbocycles. The lowest BCUT2D eigenvalue weighted by Gasteiger charge is -2.18. The zero-order chi connectivity index (χ0) is 48.6. The van der Waals surface area contributed by atoms with Crippen LogP contribution in [0, 0.1) is 0 Å². The fourth-order valence-corrected chi connectivity index (χ4v) is 7.48. The Kier molecular flexibility index (Phi) is 51.9. The van der Waals surface area contributed by atoms with Gasteiger partial charge in [-0.05, 0) is 96.3 Å². The summed E-state index contributed by atoms with van der Waals surface area (Å²) in [6.07, 6.45) is 72.5. The van der Waals surface area contributed by atoms with E-state index in [9.17, 15) is 14.4 Å². The Morgan fingerprint density at radius 3 is 0.925 bits per heavy atom. The molecule has 0 saturated heterocycles. The molecule has 0 N–H and O–H groups in total. The van der Waals surface area contributed by atoms with Crippen LogP contribution in [0.5, 0.6) is 0 Å². The predicted octanol–water partition coefficient (Wildman–Crippen LogP) is 18.5. The topological polar surface area (TPSA) is 78.9 Å². The molecular weight excluding hydrogens is 829 g/mol. The van der Waals surface area contributed by atoms with Crippen molar-refractivity contribution in [2.45, 2.75) is 258 Å². The maximum atomic E-state index is 12.8. The largest absolute Gasteiger partial charge is 0.462 e. The molecule has 1 atom stereocenters. The molecule has 0 aromatic rings. The van der Waals surface area contributed by atoms with Crippen LogP contribution in [-0.2, 0) is 28.6 Å². The summed E-state index contributed by atoms with van der Waals surface area (Å²) in [4.78, 5) is 38.1. The second-order valence-electron chi connectivity index (χ2n) is 18.1. The molecular formula is C61H102O6. The number of hydrogen-bond acceptors (Lipinski definition) is 6. The lowest BCUT2D eigenvalue weighted by molar-refractivity contribution is -0.167. The number of hydrogen-bond donors (Lipinski definition) is 0. The minimum absolute atomic E-state index is 0.0942. The van der Waals surface area contributed by atoms with Gasteiger partial charge in [-0.1, -0.05) is 234 Å². The van der Waals surface area contributed by atoms with E-state index in [-0.39, 0.29) is 31.1 Å². The number of esters is 3. The molecule has 6 heteroatoms. The molecule has 0 unspecified atom stereocenters. The third-order valence-corrected chi connectivity index (χ3v) is 11.6. The Morgan fingerprint density at radius 1 is 0.313 bits per heavy atom. The van der Waals surface area contributed by atoms with Crippen LogP contribution in [0.3, 0.4) is 0 Å². The first kappa shape index (κ1) is 63.3. The van der Waals surface area contributed by atoms with Gasteiger partial charge in [0.05, 0.1) is 0 Å². The molecule has 0 aromatic heterocycles. The van der Waals surface area contributed by atoms with Crippen molar-refractivity contribution in [3.8, 4) is 0 Å². The van der Waals surface area contributed by atoms with Gasteiger partial charge in [0, 0.05) is 19.3 Å². The van der Waals surface area contributed by atoms with E-state index in [1.165, 1.54) is 77.0 Å². The quantitative estimate of drug-likeness (QED) is 0.0262. The van der Waals surface area contributed by atoms with E-state index in [0.717, 1.165) is 135 Å². The Hall–Kier alpha value is -3.67. The maximum Gasteiger partial charge on any atom is 0.306 e. The fourth-order valence-electron chi connectivity index (χ4n) is 7.48. The zero-order valence-corrected chi connectivity index (χ0v) is 43.6. The lowest BCUT2D eigenvalue weighted by Crippen LogP contribution is -2.30. The molecule has 0 bridgehead atoms. The number of unbranched alkanes of at least 4 members (excludes halogenated alkanes) is 22. The van der Waals surface area contributed by atoms with Crippen molar-refractivity contribution in [2.24, 2.45) is 0 Å². The SMILES string of the molecule is CC/C=C\C/C=C\C/C=C\C/C=C\C/C=C\CCCCCC(=O)OC[C@H](COC(=O)CCCCCCCCCCCCCCCCC)OC(=O)CCCCCCC/C=C\C/C=C\C/C=C\CC. The van der Waals surface area contributed by atoms with Gasteiger partial charge in [0.15, 0.2) is 6.10 Å². The van der Waals surface area contributed by atoms with Crippen LogP contribution in [0.2, 0.25) is 0 Å². The van der Waals surface area contributed by atoms with E-state index < -0.39 is 6.10 Å². The first-order chi connectivity index (χ1) is 33.0. The maximum absolute atomic E-state index is 12.8. The van der Waals surface area contributed by atoms with Gasteiger partial charge in [0.25, 0.3) is 0 Å². The van der Waals surface area contributed by atoms with E-state index in [1.807, 2.05) is 0 Å². The molecule has 0 aliphatic carbocycles. The summed E-state index contributed by atoms with van der Waals surface area (Å²) >= 11 is 0. The Bertz CT molecular complexity index is 1350. The molecule has 67 heavy (non-hydrogen) atoms. The standard InChI is InChI=1S/C61H102O6/c1-4-7-10-13-16-19-22-25-28-29-30-31-34-36-39-42-45-48-51-54-60(63)66-57-58(67-61(64)55-52-49-46-43-40-37-33-27-24-21-18-15-12-9-6-3)56-65-59(62)53-50-47-44-41-38-35-32-26-23-20-17-14-11-8-5-2/h7,9-10,12,16,18-19,21,25,27-28,30-31,33,36,39,58H,4-6,8,11,13-15,17,20,22-24,26,29,32,34-35,37-38,40-57H2,1-3H3/b10-7-,12-9-,19-16-,21-18-,28-25-,31-30-,33-27-,39-36-/t58-/m0/s1. The highest BCUT2D eigenvalue weighted by molar-refractivity contribution is 5.71. The number of carbonyl (C=O) groups excluding carboxylic acids is 3. The summed E-state index contributed by atoms with van der Waals surface area (Å²) in [6.45, 7) is 6.38. The average molecular weight is 931 g/mol. The normalized spacial score (nSPS) is 12.8. The van der Waals surface area contributed by atoms with E-state index in [2.05, 4.69) is 118 Å². The summed E-state index contributed by atoms with van der Waals surface area (Å²) in [5.41, 5.74) is 0. The highest BCUT2D eigenvalue weighted by atomic mass is 16.6. The minimum atomic E-state index is -0.800. The van der Waals surface area contributed by atoms with E-state index >= 15 is 0 Å². The second kappa shape index (κ2) is 54.9. The molecule has 0 aliphatic rings. The highest BCUT2D eigenvalue weighted by Crippen LogP contribution is 2.15. The Labute approximate surface area is 413 Å². The molecule has 0 saturated carbocycles. The van der Waals surface area contributed by atoms with Crippen molar-refractivity contribution in [1.82, 2.24) is 0 Å². The molecule has 0 radical (unpaired) electrons. The van der Waals surface area contributed by atoms with Crippen LogP contribution >= 0.6 is 0 Å². The van der Waals surface area contributed by atoms with Gasteiger partial charge in [-0.25, -0.2) is 0 Å². The van der Waals surface area contributed by atoms with Crippen LogP contribution in [0.1, 0.15) is 252 Å². The fraction of sp³-hybridized carbons (Fsp3) is 0.689. The lowest BCUT2D eigenvalue weighted by atomic mass is 10.0. The van der Waals surface area contributed by atoms with E-state index in [0.29, 0.717) is 19.3 Å². The molecule has 0 heterocycles. The Balaban J connectivity index is 4.47. The predicted molar refractivity (Wildman–Crippen MR) is 288 cm³/mol. The summed E-state index contributed by atoms with van der Waals surface area (Å²) in [5, 5.41) is 0. The van der Waals surface area contributed by atoms with Crippen molar-refractivity contribution in [3.05, 3.63) is 97.2 Å². The number of allylic oxidation sites excluding steroid dienone is 16. The Morgan fingerprint density at radius 2 is 0.582 bits per heavy atom. The number of carbonyl (C=O) groups is 3. The van der Waals surface area contributed by atoms with Crippen LogP contribution < -0.4 is 0 Å². The van der Waals surface area contributed by atoms with Gasteiger partial charge in [0.2, 0.25) is 0 Å². The summed E-state index contributed by atoms with van der Waals surface area (Å²) in [5.74, 6) is -0.942. The minimum Gasteiger partial charge on any atom is -0.462 e. The van der Waals surface area contributed by atoms with Crippen molar-refractivity contribution < 1.29 is 28.6 Å². The van der Waals surface area contributed by atoms with Crippen molar-refractivity contribution in [2.75, 3.05) is 13.2 Å². The van der Waals surface area contributed by atoms with Crippen LogP contribution in [0.25, 0.3) is 0 Å². The van der Waals surface area contributed by atoms with Crippen LogP contribution in [0.15, 0.2) is 97.2 Å². The van der Waals surface area contributed by atoms with E-state index in [1.54, 1.807) is 0 Å². The van der Waals surface area contributed by atoms with Gasteiger partial charge in [0.1, 0.15) is 13.2 Å². The summed E-state index contributed by atoms with van der Waals surface area (Å²) in [7, 11) is 0. The molecule has 0 fully saturated rings. The van der Waals surface area contributed by atoms with Gasteiger partial charge in [-0.15, -0.1) is 0 Å². The zero-order valence-electron chi connectivity index (χ0n) is 43.6. The smallest absolute Gasteiger partial charge is 0.306 e. The first-order valence-electron chi connectivity index (χ1n) is 27.7. The van der Waals surface area contributed by atoms with Crippen LogP contribution in [-0.4, -0.2) is 37.2 Å².